The van der Waals surface area contributed by atoms with Crippen molar-refractivity contribution in [1.82, 2.24) is 24.8 Å². The van der Waals surface area contributed by atoms with Crippen LogP contribution in [0.25, 0.3) is 11.0 Å². The van der Waals surface area contributed by atoms with Crippen molar-refractivity contribution in [1.29, 1.82) is 0 Å². The van der Waals surface area contributed by atoms with E-state index in [1.54, 1.807) is 12.5 Å². The van der Waals surface area contributed by atoms with Gasteiger partial charge >= 0.3 is 6.03 Å². The van der Waals surface area contributed by atoms with Crippen molar-refractivity contribution in [2.24, 2.45) is 11.8 Å². The van der Waals surface area contributed by atoms with Crippen LogP contribution in [0.5, 0.6) is 0 Å². The molecular weight excluding hydrogens is 374 g/mol. The minimum atomic E-state index is -0.00668. The smallest absolute Gasteiger partial charge is 0.322 e. The molecule has 3 atom stereocenters. The fourth-order valence-electron chi connectivity index (χ4n) is 4.67. The van der Waals surface area contributed by atoms with Crippen LogP contribution >= 0.6 is 11.3 Å². The van der Waals surface area contributed by atoms with Crippen LogP contribution in [-0.4, -0.2) is 57.0 Å². The highest BCUT2D eigenvalue weighted by Crippen LogP contribution is 2.41. The molecule has 1 saturated carbocycles. The maximum absolute atomic E-state index is 12.6. The van der Waals surface area contributed by atoms with Crippen molar-refractivity contribution < 1.29 is 4.79 Å². The molecule has 4 heterocycles. The summed E-state index contributed by atoms with van der Waals surface area (Å²) in [6.07, 6.45) is 7.42. The normalized spacial score (nSPS) is 23.9. The van der Waals surface area contributed by atoms with Gasteiger partial charge in [0.1, 0.15) is 22.8 Å². The number of thiazole rings is 1. The summed E-state index contributed by atoms with van der Waals surface area (Å²) in [5.74, 6) is 2.07. The lowest BCUT2D eigenvalue weighted by molar-refractivity contribution is 0.218. The van der Waals surface area contributed by atoms with Gasteiger partial charge in [-0.25, -0.2) is 19.7 Å². The molecule has 1 aliphatic heterocycles. The number of aromatic nitrogens is 4. The Labute approximate surface area is 167 Å². The molecule has 146 valence electrons. The molecule has 1 aliphatic carbocycles. The van der Waals surface area contributed by atoms with Crippen molar-refractivity contribution >= 4 is 39.2 Å². The van der Waals surface area contributed by atoms with Gasteiger partial charge in [-0.3, -0.25) is 5.32 Å². The van der Waals surface area contributed by atoms with Crippen LogP contribution in [0.15, 0.2) is 24.8 Å². The molecular formula is C19H23N7OS. The monoisotopic (exact) mass is 397 g/mol. The van der Waals surface area contributed by atoms with E-state index < -0.39 is 0 Å². The predicted molar refractivity (Wildman–Crippen MR) is 110 cm³/mol. The predicted octanol–water partition coefficient (Wildman–Crippen LogP) is 3.10. The Morgan fingerprint density at radius 1 is 1.29 bits per heavy atom. The maximum atomic E-state index is 12.6. The molecule has 1 saturated heterocycles. The number of H-pyrrole nitrogens is 1. The number of aryl methyl sites for hydroxylation is 1. The zero-order chi connectivity index (χ0) is 19.3. The van der Waals surface area contributed by atoms with E-state index in [9.17, 15) is 4.79 Å². The number of nitrogens with zero attached hydrogens (tertiary/aromatic N) is 5. The van der Waals surface area contributed by atoms with Crippen molar-refractivity contribution in [2.45, 2.75) is 25.8 Å². The lowest BCUT2D eigenvalue weighted by Gasteiger charge is -2.28. The Balaban J connectivity index is 1.23. The summed E-state index contributed by atoms with van der Waals surface area (Å²) in [6, 6.07) is 2.47. The van der Waals surface area contributed by atoms with Crippen LogP contribution in [0.2, 0.25) is 0 Å². The molecule has 2 amide bonds. The Morgan fingerprint density at radius 2 is 2.07 bits per heavy atom. The van der Waals surface area contributed by atoms with Crippen molar-refractivity contribution in [3.05, 3.63) is 29.8 Å². The average molecular weight is 398 g/mol. The zero-order valence-electron chi connectivity index (χ0n) is 15.9. The molecule has 5 rings (SSSR count). The molecule has 0 radical (unpaired) electrons. The third kappa shape index (κ3) is 2.99. The zero-order valence-corrected chi connectivity index (χ0v) is 16.7. The quantitative estimate of drug-likeness (QED) is 0.709. The lowest BCUT2D eigenvalue weighted by atomic mass is 10.0. The van der Waals surface area contributed by atoms with E-state index in [0.29, 0.717) is 17.9 Å². The molecule has 8 nitrogen and oxygen atoms in total. The number of urea groups is 1. The Hall–Kier alpha value is -2.68. The molecule has 28 heavy (non-hydrogen) atoms. The van der Waals surface area contributed by atoms with Crippen LogP contribution < -0.4 is 10.2 Å². The van der Waals surface area contributed by atoms with Gasteiger partial charge in [-0.15, -0.1) is 11.3 Å². The van der Waals surface area contributed by atoms with Gasteiger partial charge in [0.15, 0.2) is 0 Å². The Kier molecular flexibility index (Phi) is 4.19. The number of rotatable bonds is 3. The van der Waals surface area contributed by atoms with Crippen molar-refractivity contribution in [2.75, 3.05) is 30.4 Å². The minimum absolute atomic E-state index is 0.00668. The molecule has 9 heteroatoms. The van der Waals surface area contributed by atoms with E-state index in [1.807, 2.05) is 24.1 Å². The van der Waals surface area contributed by atoms with Crippen LogP contribution in [-0.2, 0) is 0 Å². The highest BCUT2D eigenvalue weighted by atomic mass is 32.1. The molecule has 3 aromatic heterocycles. The number of hydrogen-bond acceptors (Lipinski definition) is 6. The topological polar surface area (TPSA) is 90.0 Å². The van der Waals surface area contributed by atoms with Gasteiger partial charge in [-0.05, 0) is 37.7 Å². The first-order valence-corrected chi connectivity index (χ1v) is 10.4. The van der Waals surface area contributed by atoms with Gasteiger partial charge in [-0.2, -0.15) is 0 Å². The molecule has 2 N–H and O–H groups in total. The highest BCUT2D eigenvalue weighted by molar-refractivity contribution is 7.15. The van der Waals surface area contributed by atoms with Crippen LogP contribution in [0.1, 0.15) is 17.8 Å². The second-order valence-corrected chi connectivity index (χ2v) is 9.01. The van der Waals surface area contributed by atoms with Crippen molar-refractivity contribution in [3.8, 4) is 0 Å². The van der Waals surface area contributed by atoms with Crippen LogP contribution in [0, 0.1) is 18.8 Å². The van der Waals surface area contributed by atoms with E-state index in [-0.39, 0.29) is 6.03 Å². The van der Waals surface area contributed by atoms with Gasteiger partial charge in [0, 0.05) is 32.4 Å². The van der Waals surface area contributed by atoms with Gasteiger partial charge in [-0.1, -0.05) is 0 Å². The van der Waals surface area contributed by atoms with E-state index in [1.165, 1.54) is 11.3 Å². The molecule has 3 aromatic rings. The van der Waals surface area contributed by atoms with Gasteiger partial charge < -0.3 is 14.8 Å². The number of amides is 2. The fraction of sp³-hybridized carbons (Fsp3) is 0.474. The summed E-state index contributed by atoms with van der Waals surface area (Å²) in [5, 5.41) is 5.82. The molecule has 0 aromatic carbocycles. The fourth-order valence-corrected chi connectivity index (χ4v) is 5.33. The first kappa shape index (κ1) is 17.4. The van der Waals surface area contributed by atoms with Gasteiger partial charge in [0.25, 0.3) is 0 Å². The Morgan fingerprint density at radius 3 is 2.79 bits per heavy atom. The molecule has 0 bridgehead atoms. The van der Waals surface area contributed by atoms with E-state index >= 15 is 0 Å². The number of carbonyl (C=O) groups is 1. The van der Waals surface area contributed by atoms with E-state index in [2.05, 4.69) is 37.2 Å². The second kappa shape index (κ2) is 6.73. The summed E-state index contributed by atoms with van der Waals surface area (Å²) in [6.45, 7) is 3.58. The third-order valence-electron chi connectivity index (χ3n) is 6.08. The molecule has 0 spiro atoms. The summed E-state index contributed by atoms with van der Waals surface area (Å²) < 4.78 is 0. The Bertz CT molecular complexity index is 1000. The molecule has 2 fully saturated rings. The summed E-state index contributed by atoms with van der Waals surface area (Å²) in [4.78, 5) is 33.0. The second-order valence-electron chi connectivity index (χ2n) is 7.77. The largest absolute Gasteiger partial charge is 0.356 e. The SMILES string of the molecule is Cc1ncc(NC(=O)N2CC3C[C@@H](N(C)c4ncnc5[nH]ccc45)C[C@@H]3C2)s1. The molecule has 1 unspecified atom stereocenters. The minimum Gasteiger partial charge on any atom is -0.356 e. The number of likely N-dealkylation sites (tertiary alicyclic amines) is 1. The first-order chi connectivity index (χ1) is 13.6. The summed E-state index contributed by atoms with van der Waals surface area (Å²) >= 11 is 1.51. The van der Waals surface area contributed by atoms with Crippen LogP contribution in [0.4, 0.5) is 15.6 Å². The molecule has 2 aliphatic rings. The number of hydrogen-bond donors (Lipinski definition) is 2. The maximum Gasteiger partial charge on any atom is 0.322 e. The first-order valence-electron chi connectivity index (χ1n) is 9.58. The highest BCUT2D eigenvalue weighted by Gasteiger charge is 2.44. The number of aromatic amines is 1. The number of carbonyl (C=O) groups excluding carboxylic acids is 1. The third-order valence-corrected chi connectivity index (χ3v) is 6.91. The lowest BCUT2D eigenvalue weighted by Crippen LogP contribution is -2.36. The van der Waals surface area contributed by atoms with Crippen LogP contribution in [0.3, 0.4) is 0 Å². The summed E-state index contributed by atoms with van der Waals surface area (Å²) in [7, 11) is 2.12. The van der Waals surface area contributed by atoms with Crippen molar-refractivity contribution in [3.63, 3.8) is 0 Å². The number of nitrogens with one attached hydrogen (secondary N) is 2. The van der Waals surface area contributed by atoms with Gasteiger partial charge in [0.05, 0.1) is 16.6 Å². The van der Waals surface area contributed by atoms with Gasteiger partial charge in [0.2, 0.25) is 0 Å². The number of anilines is 2. The summed E-state index contributed by atoms with van der Waals surface area (Å²) in [5.41, 5.74) is 0.871. The number of fused-ring (bicyclic) bond motifs is 2. The standard InChI is InChI=1S/C19H23N7OS/c1-11-21-7-16(28-11)24-19(27)26-8-12-5-14(6-13(12)9-26)25(2)18-15-3-4-20-17(15)22-10-23-18/h3-4,7,10,12-14H,5-6,8-9H2,1-2H3,(H,24,27)(H,20,22,23)/t12-,13?,14+/m1/s1. The van der Waals surface area contributed by atoms with E-state index in [4.69, 9.17) is 0 Å². The van der Waals surface area contributed by atoms with E-state index in [0.717, 1.165) is 52.8 Å². The average Bonchev–Trinajstić information content (AvgIpc) is 3.43.